The summed E-state index contributed by atoms with van der Waals surface area (Å²) in [4.78, 5) is 16.4. The number of amides is 1. The zero-order valence-corrected chi connectivity index (χ0v) is 13.2. The molecule has 1 amide bonds. The third-order valence-electron chi connectivity index (χ3n) is 4.44. The zero-order valence-electron chi connectivity index (χ0n) is 13.2. The molecule has 2 saturated heterocycles. The van der Waals surface area contributed by atoms with E-state index in [9.17, 15) is 4.79 Å². The molecule has 2 fully saturated rings. The number of hydrogen-bond acceptors (Lipinski definition) is 4. The minimum atomic E-state index is -0.405. The SMILES string of the molecule is CC(C)(C)OC(=O)N1CCC2(CCN(CCN)C2)CC1. The molecule has 0 aromatic heterocycles. The minimum absolute atomic E-state index is 0.163. The number of ether oxygens (including phenoxy) is 1. The molecule has 116 valence electrons. The first kappa shape index (κ1) is 15.6. The highest BCUT2D eigenvalue weighted by atomic mass is 16.6. The summed E-state index contributed by atoms with van der Waals surface area (Å²) in [7, 11) is 0. The maximum atomic E-state index is 12.1. The van der Waals surface area contributed by atoms with Crippen molar-refractivity contribution in [1.82, 2.24) is 9.80 Å². The average Bonchev–Trinajstić information content (AvgIpc) is 2.71. The van der Waals surface area contributed by atoms with Gasteiger partial charge in [0.2, 0.25) is 0 Å². The number of nitrogens with two attached hydrogens (primary N) is 1. The number of rotatable bonds is 2. The van der Waals surface area contributed by atoms with Crippen LogP contribution in [0.3, 0.4) is 0 Å². The summed E-state index contributed by atoms with van der Waals surface area (Å²) in [5.74, 6) is 0. The molecule has 0 bridgehead atoms. The van der Waals surface area contributed by atoms with E-state index in [1.54, 1.807) is 0 Å². The molecule has 5 heteroatoms. The Morgan fingerprint density at radius 3 is 2.35 bits per heavy atom. The Kier molecular flexibility index (Phi) is 4.59. The summed E-state index contributed by atoms with van der Waals surface area (Å²) in [6.45, 7) is 11.4. The topological polar surface area (TPSA) is 58.8 Å². The number of likely N-dealkylation sites (tertiary alicyclic amines) is 2. The first-order valence-corrected chi connectivity index (χ1v) is 7.74. The Hall–Kier alpha value is -0.810. The van der Waals surface area contributed by atoms with E-state index in [4.69, 9.17) is 10.5 Å². The van der Waals surface area contributed by atoms with Crippen LogP contribution in [-0.4, -0.2) is 60.8 Å². The second kappa shape index (κ2) is 5.90. The van der Waals surface area contributed by atoms with E-state index in [0.29, 0.717) is 5.41 Å². The second-order valence-corrected chi connectivity index (χ2v) is 7.28. The van der Waals surface area contributed by atoms with Crippen LogP contribution < -0.4 is 5.73 Å². The summed E-state index contributed by atoms with van der Waals surface area (Å²) >= 11 is 0. The molecule has 2 aliphatic rings. The average molecular weight is 283 g/mol. The molecule has 0 radical (unpaired) electrons. The quantitative estimate of drug-likeness (QED) is 0.837. The molecule has 2 aliphatic heterocycles. The first-order chi connectivity index (χ1) is 9.34. The lowest BCUT2D eigenvalue weighted by atomic mass is 9.78. The summed E-state index contributed by atoms with van der Waals surface area (Å²) < 4.78 is 5.45. The minimum Gasteiger partial charge on any atom is -0.444 e. The Labute approximate surface area is 122 Å². The van der Waals surface area contributed by atoms with E-state index in [1.165, 1.54) is 6.42 Å². The highest BCUT2D eigenvalue weighted by molar-refractivity contribution is 5.68. The fraction of sp³-hybridized carbons (Fsp3) is 0.933. The van der Waals surface area contributed by atoms with Gasteiger partial charge in [-0.05, 0) is 52.0 Å². The number of hydrogen-bond donors (Lipinski definition) is 1. The van der Waals surface area contributed by atoms with Crippen molar-refractivity contribution in [3.8, 4) is 0 Å². The van der Waals surface area contributed by atoms with E-state index in [-0.39, 0.29) is 6.09 Å². The molecule has 0 aromatic rings. The molecule has 0 aliphatic carbocycles. The predicted molar refractivity (Wildman–Crippen MR) is 79.6 cm³/mol. The van der Waals surface area contributed by atoms with Gasteiger partial charge < -0.3 is 20.3 Å². The number of piperidine rings is 1. The lowest BCUT2D eigenvalue weighted by molar-refractivity contribution is 0.0110. The van der Waals surface area contributed by atoms with Crippen LogP contribution >= 0.6 is 0 Å². The number of carbonyl (C=O) groups is 1. The van der Waals surface area contributed by atoms with Gasteiger partial charge in [-0.2, -0.15) is 0 Å². The van der Waals surface area contributed by atoms with Crippen molar-refractivity contribution in [3.63, 3.8) is 0 Å². The van der Waals surface area contributed by atoms with Crippen LogP contribution in [0.5, 0.6) is 0 Å². The van der Waals surface area contributed by atoms with Crippen LogP contribution in [0.1, 0.15) is 40.0 Å². The molecule has 0 saturated carbocycles. The van der Waals surface area contributed by atoms with Gasteiger partial charge in [0, 0.05) is 32.7 Å². The van der Waals surface area contributed by atoms with Crippen LogP contribution in [0, 0.1) is 5.41 Å². The third kappa shape index (κ3) is 3.85. The van der Waals surface area contributed by atoms with Crippen molar-refractivity contribution in [3.05, 3.63) is 0 Å². The molecule has 2 N–H and O–H groups in total. The smallest absolute Gasteiger partial charge is 0.410 e. The van der Waals surface area contributed by atoms with Gasteiger partial charge in [0.05, 0.1) is 0 Å². The van der Waals surface area contributed by atoms with Gasteiger partial charge >= 0.3 is 6.09 Å². The first-order valence-electron chi connectivity index (χ1n) is 7.74. The highest BCUT2D eigenvalue weighted by Crippen LogP contribution is 2.40. The van der Waals surface area contributed by atoms with E-state index in [1.807, 2.05) is 25.7 Å². The zero-order chi connectivity index (χ0) is 14.8. The summed E-state index contributed by atoms with van der Waals surface area (Å²) in [6, 6.07) is 0. The maximum Gasteiger partial charge on any atom is 0.410 e. The molecule has 0 aromatic carbocycles. The fourth-order valence-electron chi connectivity index (χ4n) is 3.30. The third-order valence-corrected chi connectivity index (χ3v) is 4.44. The van der Waals surface area contributed by atoms with Crippen LogP contribution in [0.25, 0.3) is 0 Å². The second-order valence-electron chi connectivity index (χ2n) is 7.28. The Balaban J connectivity index is 1.82. The van der Waals surface area contributed by atoms with Crippen molar-refractivity contribution in [2.24, 2.45) is 11.1 Å². The van der Waals surface area contributed by atoms with Crippen molar-refractivity contribution in [2.45, 2.75) is 45.6 Å². The molecule has 5 nitrogen and oxygen atoms in total. The Bertz CT molecular complexity index is 344. The Morgan fingerprint density at radius 1 is 1.20 bits per heavy atom. The molecule has 1 spiro atoms. The predicted octanol–water partition coefficient (Wildman–Crippen LogP) is 1.67. The van der Waals surface area contributed by atoms with Crippen LogP contribution in [-0.2, 0) is 4.74 Å². The summed E-state index contributed by atoms with van der Waals surface area (Å²) in [5, 5.41) is 0. The van der Waals surface area contributed by atoms with Gasteiger partial charge in [-0.25, -0.2) is 4.79 Å². The van der Waals surface area contributed by atoms with Gasteiger partial charge in [0.15, 0.2) is 0 Å². The lowest BCUT2D eigenvalue weighted by Gasteiger charge is -2.39. The molecule has 0 atom stereocenters. The van der Waals surface area contributed by atoms with E-state index in [0.717, 1.165) is 52.1 Å². The molecule has 2 heterocycles. The van der Waals surface area contributed by atoms with Crippen molar-refractivity contribution in [1.29, 1.82) is 0 Å². The van der Waals surface area contributed by atoms with Gasteiger partial charge in [0.1, 0.15) is 5.60 Å². The van der Waals surface area contributed by atoms with Crippen molar-refractivity contribution in [2.75, 3.05) is 39.3 Å². The standard InChI is InChI=1S/C15H29N3O2/c1-14(2,3)20-13(19)18-9-5-15(6-10-18)4-8-17(12-15)11-7-16/h4-12,16H2,1-3H3. The summed E-state index contributed by atoms with van der Waals surface area (Å²) in [6.07, 6.45) is 3.26. The van der Waals surface area contributed by atoms with Crippen LogP contribution in [0.15, 0.2) is 0 Å². The van der Waals surface area contributed by atoms with Crippen LogP contribution in [0.4, 0.5) is 4.79 Å². The number of carbonyl (C=O) groups excluding carboxylic acids is 1. The largest absolute Gasteiger partial charge is 0.444 e. The molecule has 0 unspecified atom stereocenters. The van der Waals surface area contributed by atoms with Crippen molar-refractivity contribution >= 4 is 6.09 Å². The van der Waals surface area contributed by atoms with Gasteiger partial charge in [-0.1, -0.05) is 0 Å². The Morgan fingerprint density at radius 2 is 1.80 bits per heavy atom. The maximum absolute atomic E-state index is 12.1. The van der Waals surface area contributed by atoms with Crippen LogP contribution in [0.2, 0.25) is 0 Å². The van der Waals surface area contributed by atoms with Crippen molar-refractivity contribution < 1.29 is 9.53 Å². The monoisotopic (exact) mass is 283 g/mol. The number of nitrogens with zero attached hydrogens (tertiary/aromatic N) is 2. The molecule has 20 heavy (non-hydrogen) atoms. The van der Waals surface area contributed by atoms with Gasteiger partial charge in [-0.15, -0.1) is 0 Å². The molecular formula is C15H29N3O2. The lowest BCUT2D eigenvalue weighted by Crippen LogP contribution is -2.46. The summed E-state index contributed by atoms with van der Waals surface area (Å²) in [5.41, 5.74) is 5.64. The molecule has 2 rings (SSSR count). The normalized spacial score (nSPS) is 23.3. The molecular weight excluding hydrogens is 254 g/mol. The van der Waals surface area contributed by atoms with E-state index >= 15 is 0 Å². The van der Waals surface area contributed by atoms with Gasteiger partial charge in [-0.3, -0.25) is 0 Å². The van der Waals surface area contributed by atoms with E-state index < -0.39 is 5.60 Å². The highest BCUT2D eigenvalue weighted by Gasteiger charge is 2.41. The van der Waals surface area contributed by atoms with Gasteiger partial charge in [0.25, 0.3) is 0 Å². The fourth-order valence-corrected chi connectivity index (χ4v) is 3.30. The van der Waals surface area contributed by atoms with E-state index in [2.05, 4.69) is 4.90 Å².